The van der Waals surface area contributed by atoms with Crippen molar-refractivity contribution in [3.8, 4) is 23.0 Å². The number of allylic oxidation sites excluding steroid dienone is 2. The lowest BCUT2D eigenvalue weighted by atomic mass is 9.78. The molecule has 0 N–H and O–H groups in total. The Balaban J connectivity index is 1.25. The summed E-state index contributed by atoms with van der Waals surface area (Å²) in [5, 5.41) is 0. The van der Waals surface area contributed by atoms with E-state index in [1.54, 1.807) is 0 Å². The van der Waals surface area contributed by atoms with Crippen LogP contribution in [0.5, 0.6) is 23.0 Å². The molecule has 60 heavy (non-hydrogen) atoms. The van der Waals surface area contributed by atoms with Gasteiger partial charge in [-0.25, -0.2) is 0 Å². The average Bonchev–Trinajstić information content (AvgIpc) is 3.18. The van der Waals surface area contributed by atoms with Crippen LogP contribution in [0.3, 0.4) is 0 Å². The van der Waals surface area contributed by atoms with E-state index in [-0.39, 0.29) is 10.8 Å². The molecule has 0 fully saturated rings. The van der Waals surface area contributed by atoms with Gasteiger partial charge in [0.15, 0.2) is 0 Å². The molecule has 4 aromatic rings. The van der Waals surface area contributed by atoms with E-state index in [1.807, 2.05) is 12.2 Å². The minimum atomic E-state index is -0.286. The summed E-state index contributed by atoms with van der Waals surface area (Å²) in [4.78, 5) is 0. The van der Waals surface area contributed by atoms with E-state index in [4.69, 9.17) is 18.9 Å². The Labute approximate surface area is 425 Å². The van der Waals surface area contributed by atoms with Gasteiger partial charge in [-0.05, 0) is 262 Å². The molecule has 0 bridgehead atoms. The first-order chi connectivity index (χ1) is 28.5. The largest absolute Gasteiger partial charge is 0.491 e. The average molecular weight is 1330 g/mol. The molecule has 0 saturated carbocycles. The van der Waals surface area contributed by atoms with Crippen molar-refractivity contribution in [2.75, 3.05) is 26.4 Å². The zero-order valence-corrected chi connectivity index (χ0v) is 47.4. The van der Waals surface area contributed by atoms with Gasteiger partial charge < -0.3 is 18.9 Å². The first-order valence-electron chi connectivity index (χ1n) is 20.2. The summed E-state index contributed by atoms with van der Waals surface area (Å²) in [5.74, 6) is 3.30. The Morgan fingerprint density at radius 3 is 0.767 bits per heavy atom. The number of rotatable bonds is 25. The molecule has 0 atom stereocenters. The summed E-state index contributed by atoms with van der Waals surface area (Å²) in [5.41, 5.74) is 4.07. The molecule has 12 heteroatoms. The molecule has 4 nitrogen and oxygen atoms in total. The van der Waals surface area contributed by atoms with Crippen LogP contribution in [0, 0.1) is 0 Å². The molecule has 0 amide bonds. The van der Waals surface area contributed by atoms with E-state index < -0.39 is 0 Å². The lowest BCUT2D eigenvalue weighted by Gasteiger charge is -2.28. The van der Waals surface area contributed by atoms with Crippen LogP contribution >= 0.6 is 127 Å². The lowest BCUT2D eigenvalue weighted by molar-refractivity contribution is 0.284. The van der Waals surface area contributed by atoms with Crippen molar-refractivity contribution in [1.29, 1.82) is 0 Å². The Morgan fingerprint density at radius 1 is 0.367 bits per heavy atom. The third-order valence-corrected chi connectivity index (χ3v) is 15.2. The van der Waals surface area contributed by atoms with Crippen LogP contribution in [0.1, 0.15) is 114 Å². The van der Waals surface area contributed by atoms with E-state index in [0.717, 1.165) is 145 Å². The maximum atomic E-state index is 6.29. The molecule has 0 aliphatic heterocycles. The fraction of sp³-hybridized carbons (Fsp3) is 0.417. The molecule has 0 radical (unpaired) electrons. The summed E-state index contributed by atoms with van der Waals surface area (Å²) in [7, 11) is 0. The fourth-order valence-electron chi connectivity index (χ4n) is 6.60. The molecule has 326 valence electrons. The van der Waals surface area contributed by atoms with Crippen molar-refractivity contribution in [3.63, 3.8) is 0 Å². The van der Waals surface area contributed by atoms with Crippen LogP contribution in [0.25, 0.3) is 0 Å². The van der Waals surface area contributed by atoms with E-state index in [9.17, 15) is 0 Å². The maximum absolute atomic E-state index is 6.29. The van der Waals surface area contributed by atoms with Crippen LogP contribution < -0.4 is 18.9 Å². The Hall–Kier alpha value is -0.600. The molecule has 0 aliphatic carbocycles. The number of hydrogen-bond donors (Lipinski definition) is 0. The van der Waals surface area contributed by atoms with Crippen molar-refractivity contribution in [2.45, 2.75) is 103 Å². The molecule has 0 spiro atoms. The smallest absolute Gasteiger partial charge is 0.147 e. The van der Waals surface area contributed by atoms with E-state index in [2.05, 4.69) is 217 Å². The summed E-state index contributed by atoms with van der Waals surface area (Å²) < 4.78 is 32.2. The van der Waals surface area contributed by atoms with Gasteiger partial charge in [0, 0.05) is 10.8 Å². The molecule has 4 rings (SSSR count). The van der Waals surface area contributed by atoms with Crippen molar-refractivity contribution in [1.82, 2.24) is 0 Å². The van der Waals surface area contributed by atoms with Gasteiger partial charge in [0.05, 0.1) is 62.2 Å². The standard InChI is InChI=1S/C48H54Br8O4/c1-7-9-11-15-19-57-43-35(49)23-31(24-36(43)50)47(3,4)33-27-39(53)45(40(54)28-33)59-21-17-13-14-18-22-60-46-41(55)29-34(30-42(46)56)48(5,6)32-25-37(51)44(38(52)26-32)58-20-16-12-10-8-2/h7-8,23-30H,1-2,9-22H2,3-6H3. The lowest BCUT2D eigenvalue weighted by Crippen LogP contribution is -2.19. The van der Waals surface area contributed by atoms with Gasteiger partial charge in [0.25, 0.3) is 0 Å². The highest BCUT2D eigenvalue weighted by Gasteiger charge is 2.29. The number of hydrogen-bond acceptors (Lipinski definition) is 4. The number of benzene rings is 4. The number of halogens is 8. The van der Waals surface area contributed by atoms with E-state index in [1.165, 1.54) is 0 Å². The zero-order valence-electron chi connectivity index (χ0n) is 34.7. The Kier molecular flexibility index (Phi) is 21.8. The summed E-state index contributed by atoms with van der Waals surface area (Å²) in [6, 6.07) is 17.3. The third kappa shape index (κ3) is 14.5. The molecule has 0 aliphatic rings. The SMILES string of the molecule is C=CCCCCOc1c(Br)cc(C(C)(C)c2cc(Br)c(OCCCCCCOc3c(Br)cc(C(C)(C)c4cc(Br)c(OCCCCC=C)c(Br)c4)cc3Br)c(Br)c2)cc1Br. The molecular weight excluding hydrogens is 1280 g/mol. The second-order valence-corrected chi connectivity index (χ2v) is 22.5. The third-order valence-electron chi connectivity index (χ3n) is 10.5. The zero-order chi connectivity index (χ0) is 44.0. The monoisotopic (exact) mass is 1330 g/mol. The highest BCUT2D eigenvalue weighted by Crippen LogP contribution is 2.46. The highest BCUT2D eigenvalue weighted by atomic mass is 79.9. The minimum absolute atomic E-state index is 0.286. The van der Waals surface area contributed by atoms with E-state index in [0.29, 0.717) is 26.4 Å². The number of ether oxygens (including phenoxy) is 4. The highest BCUT2D eigenvalue weighted by molar-refractivity contribution is 9.12. The second-order valence-electron chi connectivity index (χ2n) is 15.7. The summed E-state index contributed by atoms with van der Waals surface area (Å²) in [6.07, 6.45) is 14.0. The van der Waals surface area contributed by atoms with Crippen molar-refractivity contribution in [2.24, 2.45) is 0 Å². The van der Waals surface area contributed by atoms with Gasteiger partial charge in [0.1, 0.15) is 23.0 Å². The first-order valence-corrected chi connectivity index (χ1v) is 26.6. The van der Waals surface area contributed by atoms with Gasteiger partial charge in [-0.15, -0.1) is 13.2 Å². The van der Waals surface area contributed by atoms with Crippen molar-refractivity contribution in [3.05, 3.63) is 132 Å². The van der Waals surface area contributed by atoms with Crippen LogP contribution in [0.4, 0.5) is 0 Å². The summed E-state index contributed by atoms with van der Waals surface area (Å²) >= 11 is 30.2. The van der Waals surface area contributed by atoms with Gasteiger partial charge in [-0.2, -0.15) is 0 Å². The van der Waals surface area contributed by atoms with Gasteiger partial charge in [-0.3, -0.25) is 0 Å². The predicted octanol–water partition coefficient (Wildman–Crippen LogP) is 18.9. The molecule has 0 unspecified atom stereocenters. The van der Waals surface area contributed by atoms with Gasteiger partial charge >= 0.3 is 0 Å². The van der Waals surface area contributed by atoms with Crippen LogP contribution in [0.2, 0.25) is 0 Å². The predicted molar refractivity (Wildman–Crippen MR) is 280 cm³/mol. The normalized spacial score (nSPS) is 11.7. The van der Waals surface area contributed by atoms with E-state index >= 15 is 0 Å². The van der Waals surface area contributed by atoms with Crippen molar-refractivity contribution < 1.29 is 18.9 Å². The maximum Gasteiger partial charge on any atom is 0.147 e. The molecule has 0 heterocycles. The topological polar surface area (TPSA) is 36.9 Å². The van der Waals surface area contributed by atoms with Crippen molar-refractivity contribution >= 4 is 127 Å². The second kappa shape index (κ2) is 25.2. The molecule has 0 saturated heterocycles. The van der Waals surface area contributed by atoms with Gasteiger partial charge in [-0.1, -0.05) is 39.8 Å². The number of unbranched alkanes of at least 4 members (excludes halogenated alkanes) is 7. The molecule has 4 aromatic carbocycles. The van der Waals surface area contributed by atoms with Crippen LogP contribution in [0.15, 0.2) is 110 Å². The minimum Gasteiger partial charge on any atom is -0.491 e. The fourth-order valence-corrected chi connectivity index (χ4v) is 12.3. The van der Waals surface area contributed by atoms with Crippen LogP contribution in [-0.4, -0.2) is 26.4 Å². The Bertz CT molecular complexity index is 1840. The summed E-state index contributed by atoms with van der Waals surface area (Å²) in [6.45, 7) is 19.1. The quantitative estimate of drug-likeness (QED) is 0.0489. The van der Waals surface area contributed by atoms with Gasteiger partial charge in [0.2, 0.25) is 0 Å². The first kappa shape index (κ1) is 52.0. The molecule has 0 aromatic heterocycles. The van der Waals surface area contributed by atoms with Crippen LogP contribution in [-0.2, 0) is 10.8 Å². The molecular formula is C48H54Br8O4. The Morgan fingerprint density at radius 2 is 0.567 bits per heavy atom.